The molecule has 0 spiro atoms. The van der Waals surface area contributed by atoms with Crippen LogP contribution in [0.5, 0.6) is 0 Å². The first-order chi connectivity index (χ1) is 14.3. The summed E-state index contributed by atoms with van der Waals surface area (Å²) >= 11 is 1.61. The van der Waals surface area contributed by atoms with Crippen molar-refractivity contribution in [1.29, 1.82) is 0 Å². The third-order valence-corrected chi connectivity index (χ3v) is 7.72. The standard InChI is InChI=1S/C22H24N2O4S2/c1-16(2)24(3)30(26,27)20-11-9-18(10-12-20)23-22(25)21-17(13-14-28-21)15-29-19-7-5-4-6-8-19/h4-14,16H,15H2,1-3H3,(H,23,25). The van der Waals surface area contributed by atoms with Crippen LogP contribution in [0.1, 0.15) is 30.0 Å². The fourth-order valence-corrected chi connectivity index (χ4v) is 4.93. The lowest BCUT2D eigenvalue weighted by Gasteiger charge is -2.21. The molecule has 0 aliphatic heterocycles. The SMILES string of the molecule is CC(C)N(C)S(=O)(=O)c1ccc(NC(=O)c2occc2CSc2ccccc2)cc1. The Hall–Kier alpha value is -2.55. The highest BCUT2D eigenvalue weighted by Gasteiger charge is 2.23. The van der Waals surface area contributed by atoms with Crippen molar-refractivity contribution in [3.05, 3.63) is 78.3 Å². The summed E-state index contributed by atoms with van der Waals surface area (Å²) in [5.41, 5.74) is 1.28. The van der Waals surface area contributed by atoms with Crippen molar-refractivity contribution in [2.75, 3.05) is 12.4 Å². The van der Waals surface area contributed by atoms with Gasteiger partial charge in [0.2, 0.25) is 10.0 Å². The first kappa shape index (κ1) is 22.1. The highest BCUT2D eigenvalue weighted by atomic mass is 32.2. The summed E-state index contributed by atoms with van der Waals surface area (Å²) < 4.78 is 31.8. The van der Waals surface area contributed by atoms with Crippen molar-refractivity contribution in [3.63, 3.8) is 0 Å². The maximum absolute atomic E-state index is 12.6. The second-order valence-electron chi connectivity index (χ2n) is 6.97. The molecule has 0 aliphatic rings. The second kappa shape index (κ2) is 9.51. The molecule has 0 bridgehead atoms. The first-order valence-corrected chi connectivity index (χ1v) is 11.9. The maximum Gasteiger partial charge on any atom is 0.291 e. The molecule has 30 heavy (non-hydrogen) atoms. The Morgan fingerprint density at radius 2 is 1.73 bits per heavy atom. The quantitative estimate of drug-likeness (QED) is 0.502. The molecule has 0 atom stereocenters. The maximum atomic E-state index is 12.6. The van der Waals surface area contributed by atoms with Crippen LogP contribution in [0, 0.1) is 0 Å². The number of anilines is 1. The van der Waals surface area contributed by atoms with Crippen LogP contribution in [-0.2, 0) is 15.8 Å². The molecule has 1 amide bonds. The second-order valence-corrected chi connectivity index (χ2v) is 10.0. The van der Waals surface area contributed by atoms with Gasteiger partial charge in [-0.25, -0.2) is 8.42 Å². The number of carbonyl (C=O) groups excluding carboxylic acids is 1. The number of sulfonamides is 1. The molecule has 0 saturated carbocycles. The van der Waals surface area contributed by atoms with E-state index >= 15 is 0 Å². The van der Waals surface area contributed by atoms with E-state index in [1.165, 1.54) is 22.7 Å². The predicted octanol–water partition coefficient (Wildman–Crippen LogP) is 4.85. The van der Waals surface area contributed by atoms with Crippen molar-refractivity contribution < 1.29 is 17.6 Å². The summed E-state index contributed by atoms with van der Waals surface area (Å²) in [5.74, 6) is 0.468. The van der Waals surface area contributed by atoms with Crippen molar-refractivity contribution >= 4 is 33.4 Å². The third kappa shape index (κ3) is 5.13. The number of carbonyl (C=O) groups is 1. The van der Waals surface area contributed by atoms with Crippen LogP contribution in [0.2, 0.25) is 0 Å². The summed E-state index contributed by atoms with van der Waals surface area (Å²) in [6.45, 7) is 3.62. The zero-order valence-electron chi connectivity index (χ0n) is 17.0. The van der Waals surface area contributed by atoms with Gasteiger partial charge in [-0.05, 0) is 56.3 Å². The van der Waals surface area contributed by atoms with E-state index in [0.717, 1.165) is 10.5 Å². The molecule has 3 rings (SSSR count). The highest BCUT2D eigenvalue weighted by molar-refractivity contribution is 7.98. The summed E-state index contributed by atoms with van der Waals surface area (Å²) in [6, 6.07) is 17.6. The van der Waals surface area contributed by atoms with Crippen LogP contribution in [0.3, 0.4) is 0 Å². The van der Waals surface area contributed by atoms with Crippen LogP contribution in [0.15, 0.2) is 81.1 Å². The Kier molecular flexibility index (Phi) is 7.02. The summed E-state index contributed by atoms with van der Waals surface area (Å²) in [5, 5.41) is 2.76. The molecule has 2 aromatic carbocycles. The van der Waals surface area contributed by atoms with Gasteiger partial charge in [-0.15, -0.1) is 11.8 Å². The number of nitrogens with one attached hydrogen (secondary N) is 1. The van der Waals surface area contributed by atoms with Gasteiger partial charge in [-0.3, -0.25) is 4.79 Å². The highest BCUT2D eigenvalue weighted by Crippen LogP contribution is 2.26. The molecule has 0 unspecified atom stereocenters. The number of hydrogen-bond donors (Lipinski definition) is 1. The molecule has 0 fully saturated rings. The van der Waals surface area contributed by atoms with E-state index in [0.29, 0.717) is 11.4 Å². The number of nitrogens with zero attached hydrogens (tertiary/aromatic N) is 1. The van der Waals surface area contributed by atoms with Gasteiger partial charge in [-0.2, -0.15) is 4.31 Å². The topological polar surface area (TPSA) is 79.6 Å². The van der Waals surface area contributed by atoms with E-state index in [1.807, 2.05) is 44.2 Å². The van der Waals surface area contributed by atoms with E-state index in [-0.39, 0.29) is 22.6 Å². The van der Waals surface area contributed by atoms with Gasteiger partial charge in [0.1, 0.15) is 0 Å². The zero-order valence-corrected chi connectivity index (χ0v) is 18.7. The summed E-state index contributed by atoms with van der Waals surface area (Å²) in [4.78, 5) is 13.9. The molecule has 3 aromatic rings. The first-order valence-electron chi connectivity index (χ1n) is 9.42. The van der Waals surface area contributed by atoms with E-state index in [2.05, 4.69) is 5.32 Å². The molecule has 158 valence electrons. The number of rotatable bonds is 8. The average Bonchev–Trinajstić information content (AvgIpc) is 3.21. The largest absolute Gasteiger partial charge is 0.459 e. The van der Waals surface area contributed by atoms with Crippen molar-refractivity contribution in [3.8, 4) is 0 Å². The predicted molar refractivity (Wildman–Crippen MR) is 119 cm³/mol. The van der Waals surface area contributed by atoms with Gasteiger partial charge in [0.15, 0.2) is 5.76 Å². The van der Waals surface area contributed by atoms with Crippen LogP contribution >= 0.6 is 11.8 Å². The molecule has 8 heteroatoms. The molecule has 6 nitrogen and oxygen atoms in total. The smallest absolute Gasteiger partial charge is 0.291 e. The normalized spacial score (nSPS) is 11.8. The van der Waals surface area contributed by atoms with Crippen LogP contribution in [0.4, 0.5) is 5.69 Å². The minimum absolute atomic E-state index is 0.152. The number of thioether (sulfide) groups is 1. The van der Waals surface area contributed by atoms with Crippen LogP contribution in [0.25, 0.3) is 0 Å². The number of amides is 1. The number of hydrogen-bond acceptors (Lipinski definition) is 5. The fourth-order valence-electron chi connectivity index (χ4n) is 2.67. The molecular formula is C22H24N2O4S2. The molecule has 0 saturated heterocycles. The lowest BCUT2D eigenvalue weighted by Crippen LogP contribution is -2.33. The Morgan fingerprint density at radius 1 is 1.07 bits per heavy atom. The van der Waals surface area contributed by atoms with Gasteiger partial charge in [0.05, 0.1) is 11.2 Å². The molecule has 1 N–H and O–H groups in total. The van der Waals surface area contributed by atoms with Gasteiger partial charge in [-0.1, -0.05) is 18.2 Å². The minimum atomic E-state index is -3.57. The van der Waals surface area contributed by atoms with Crippen LogP contribution in [-0.4, -0.2) is 31.7 Å². The van der Waals surface area contributed by atoms with Crippen molar-refractivity contribution in [2.24, 2.45) is 0 Å². The molecule has 0 aliphatic carbocycles. The average molecular weight is 445 g/mol. The van der Waals surface area contributed by atoms with Gasteiger partial charge < -0.3 is 9.73 Å². The number of benzene rings is 2. The summed E-state index contributed by atoms with van der Waals surface area (Å²) in [7, 11) is -2.02. The van der Waals surface area contributed by atoms with Gasteiger partial charge >= 0.3 is 0 Å². The van der Waals surface area contributed by atoms with Crippen molar-refractivity contribution in [2.45, 2.75) is 35.4 Å². The van der Waals surface area contributed by atoms with E-state index in [9.17, 15) is 13.2 Å². The molecule has 1 heterocycles. The lowest BCUT2D eigenvalue weighted by molar-refractivity contribution is 0.0995. The number of furan rings is 1. The van der Waals surface area contributed by atoms with Crippen LogP contribution < -0.4 is 5.32 Å². The Morgan fingerprint density at radius 3 is 2.37 bits per heavy atom. The van der Waals surface area contributed by atoms with Crippen molar-refractivity contribution in [1.82, 2.24) is 4.31 Å². The van der Waals surface area contributed by atoms with Gasteiger partial charge in [0.25, 0.3) is 5.91 Å². The molecular weight excluding hydrogens is 420 g/mol. The lowest BCUT2D eigenvalue weighted by atomic mass is 10.2. The Balaban J connectivity index is 1.68. The Labute approximate surface area is 181 Å². The third-order valence-electron chi connectivity index (χ3n) is 4.61. The fraction of sp³-hybridized carbons (Fsp3) is 0.227. The minimum Gasteiger partial charge on any atom is -0.459 e. The van der Waals surface area contributed by atoms with E-state index in [1.54, 1.807) is 37.0 Å². The summed E-state index contributed by atoms with van der Waals surface area (Å²) in [6.07, 6.45) is 1.49. The zero-order chi connectivity index (χ0) is 21.7. The molecule has 1 aromatic heterocycles. The Bertz CT molecular complexity index is 1090. The van der Waals surface area contributed by atoms with Gasteiger partial charge in [0, 0.05) is 35.0 Å². The van der Waals surface area contributed by atoms with E-state index in [4.69, 9.17) is 4.42 Å². The molecule has 0 radical (unpaired) electrons. The monoisotopic (exact) mass is 444 g/mol. The van der Waals surface area contributed by atoms with E-state index < -0.39 is 10.0 Å².